The fraction of sp³-hybridized carbons (Fsp3) is 0.240. The van der Waals surface area contributed by atoms with Crippen molar-refractivity contribution >= 4 is 34.2 Å². The molecule has 182 valence electrons. The number of amides is 1. The lowest BCUT2D eigenvalue weighted by Gasteiger charge is -2.17. The van der Waals surface area contributed by atoms with Gasteiger partial charge in [-0.05, 0) is 61.8 Å². The summed E-state index contributed by atoms with van der Waals surface area (Å²) >= 11 is 0. The summed E-state index contributed by atoms with van der Waals surface area (Å²) < 4.78 is 5.63. The molecule has 0 bridgehead atoms. The molecule has 0 aliphatic rings. The molecule has 0 saturated carbocycles. The molecule has 1 aromatic carbocycles. The first-order chi connectivity index (χ1) is 16.7. The molecule has 1 unspecified atom stereocenters. The van der Waals surface area contributed by atoms with Gasteiger partial charge in [0.05, 0.1) is 29.9 Å². The van der Waals surface area contributed by atoms with Gasteiger partial charge in [0.25, 0.3) is 0 Å². The van der Waals surface area contributed by atoms with E-state index < -0.39 is 11.8 Å². The van der Waals surface area contributed by atoms with Crippen LogP contribution in [0.5, 0.6) is 6.01 Å². The lowest BCUT2D eigenvalue weighted by Crippen LogP contribution is -2.26. The number of allylic oxidation sites excluding steroid dienone is 4. The topological polar surface area (TPSA) is 183 Å². The molecule has 2 heterocycles. The number of benzene rings is 1. The van der Waals surface area contributed by atoms with Crippen LogP contribution < -0.4 is 21.9 Å². The van der Waals surface area contributed by atoms with E-state index in [1.54, 1.807) is 25.4 Å². The average Bonchev–Trinajstić information content (AvgIpc) is 3.31. The molecule has 3 rings (SSSR count). The number of aryl methyl sites for hydroxylation is 1. The Hall–Kier alpha value is -4.47. The lowest BCUT2D eigenvalue weighted by atomic mass is 9.90. The second kappa shape index (κ2) is 11.1. The number of carbonyl (C=O) groups excluding carboxylic acids is 1. The van der Waals surface area contributed by atoms with Crippen LogP contribution >= 0.6 is 0 Å². The van der Waals surface area contributed by atoms with E-state index in [0.29, 0.717) is 29.1 Å². The number of fused-ring (bicyclic) bond motifs is 1. The van der Waals surface area contributed by atoms with Crippen LogP contribution in [-0.2, 0) is 4.79 Å². The molecule has 0 spiro atoms. The molecule has 35 heavy (non-hydrogen) atoms. The first-order valence-corrected chi connectivity index (χ1v) is 11.0. The van der Waals surface area contributed by atoms with Gasteiger partial charge in [-0.2, -0.15) is 10.1 Å². The molecule has 0 saturated heterocycles. The predicted octanol–water partition coefficient (Wildman–Crippen LogP) is 2.82. The molecule has 0 fully saturated rings. The van der Waals surface area contributed by atoms with E-state index in [2.05, 4.69) is 20.2 Å². The number of nitrogens with one attached hydrogen (secondary N) is 2. The van der Waals surface area contributed by atoms with Gasteiger partial charge in [-0.15, -0.1) is 0 Å². The van der Waals surface area contributed by atoms with Gasteiger partial charge in [-0.1, -0.05) is 6.07 Å². The molecule has 8 N–H and O–H groups in total. The quantitative estimate of drug-likeness (QED) is 0.221. The predicted molar refractivity (Wildman–Crippen MR) is 137 cm³/mol. The first kappa shape index (κ1) is 25.2. The second-order valence-corrected chi connectivity index (χ2v) is 8.14. The molecule has 0 aliphatic heterocycles. The van der Waals surface area contributed by atoms with E-state index >= 15 is 0 Å². The van der Waals surface area contributed by atoms with Crippen molar-refractivity contribution in [2.24, 2.45) is 23.1 Å². The van der Waals surface area contributed by atoms with E-state index in [-0.39, 0.29) is 12.6 Å². The van der Waals surface area contributed by atoms with Crippen molar-refractivity contribution in [1.82, 2.24) is 20.2 Å². The van der Waals surface area contributed by atoms with Crippen LogP contribution in [0.4, 0.5) is 0 Å². The van der Waals surface area contributed by atoms with Crippen molar-refractivity contribution < 1.29 is 9.53 Å². The first-order valence-electron chi connectivity index (χ1n) is 11.0. The van der Waals surface area contributed by atoms with E-state index in [0.717, 1.165) is 33.8 Å². The van der Waals surface area contributed by atoms with Crippen LogP contribution in [-0.4, -0.2) is 38.9 Å². The summed E-state index contributed by atoms with van der Waals surface area (Å²) in [6.07, 6.45) is 8.30. The normalized spacial score (nSPS) is 13.9. The number of hydrogen-bond donors (Lipinski definition) is 5. The highest BCUT2D eigenvalue weighted by Crippen LogP contribution is 2.33. The van der Waals surface area contributed by atoms with E-state index in [1.165, 1.54) is 6.08 Å². The number of nitrogens with zero attached hydrogens (tertiary/aromatic N) is 3. The molecule has 1 atom stereocenters. The van der Waals surface area contributed by atoms with Gasteiger partial charge in [0.15, 0.2) is 0 Å². The maximum Gasteiger partial charge on any atom is 0.316 e. The largest absolute Gasteiger partial charge is 0.463 e. The Bertz CT molecular complexity index is 1340. The molecule has 2 aromatic heterocycles. The molecular formula is C25H30N8O2. The van der Waals surface area contributed by atoms with Crippen LogP contribution in [0.2, 0.25) is 0 Å². The van der Waals surface area contributed by atoms with Gasteiger partial charge in [-0.3, -0.25) is 9.89 Å². The van der Waals surface area contributed by atoms with Gasteiger partial charge in [-0.25, -0.2) is 4.98 Å². The van der Waals surface area contributed by atoms with Gasteiger partial charge in [0.2, 0.25) is 5.91 Å². The maximum absolute atomic E-state index is 12.0. The number of nitrogens with two attached hydrogens (primary N) is 3. The van der Waals surface area contributed by atoms with Crippen molar-refractivity contribution in [2.45, 2.75) is 27.2 Å². The summed E-state index contributed by atoms with van der Waals surface area (Å²) in [5, 5.41) is 15.1. The fourth-order valence-corrected chi connectivity index (χ4v) is 3.54. The Labute approximate surface area is 203 Å². The highest BCUT2D eigenvalue weighted by Gasteiger charge is 2.20. The van der Waals surface area contributed by atoms with Crippen molar-refractivity contribution in [3.05, 3.63) is 71.0 Å². The number of aromatic nitrogens is 4. The number of hydrogen-bond acceptors (Lipinski definition) is 8. The zero-order valence-corrected chi connectivity index (χ0v) is 20.0. The summed E-state index contributed by atoms with van der Waals surface area (Å²) in [4.78, 5) is 20.6. The Morgan fingerprint density at radius 3 is 2.74 bits per heavy atom. The van der Waals surface area contributed by atoms with Crippen LogP contribution in [0.25, 0.3) is 22.0 Å². The Morgan fingerprint density at radius 2 is 2.03 bits per heavy atom. The minimum absolute atomic E-state index is 0.204. The zero-order chi connectivity index (χ0) is 25.5. The minimum atomic E-state index is -0.681. The van der Waals surface area contributed by atoms with Crippen molar-refractivity contribution in [3.63, 3.8) is 0 Å². The standard InChI is InChI=1S/C25H30N8O2/c1-14-4-5-21-19(13-31-33-21)22(14)18(23(28)16(3)24(29)34)12-15(2)20-7-10-30-25(32-20)35-11-8-17(27)6-9-26/h4-7,9-10,12-13,16,26H,8,11,27-28H2,1-3H3,(H2,29,34)(H,31,33)/b15-12+,17-6-,23-18-,26-9?. The fourth-order valence-electron chi connectivity index (χ4n) is 3.54. The number of rotatable bonds is 10. The van der Waals surface area contributed by atoms with Crippen molar-refractivity contribution in [3.8, 4) is 6.01 Å². The van der Waals surface area contributed by atoms with Crippen molar-refractivity contribution in [2.75, 3.05) is 6.61 Å². The molecule has 0 radical (unpaired) electrons. The Kier molecular flexibility index (Phi) is 7.98. The SMILES string of the molecule is C/C(=C\C(=C(\N)C(C)C(N)=O)c1c(C)ccc2[nH]ncc12)c1ccnc(OCC/C(N)=C/C=N)n1. The third-order valence-corrected chi connectivity index (χ3v) is 5.62. The van der Waals surface area contributed by atoms with Crippen LogP contribution in [0.1, 0.15) is 37.1 Å². The average molecular weight is 475 g/mol. The molecule has 10 nitrogen and oxygen atoms in total. The van der Waals surface area contributed by atoms with Gasteiger partial charge in [0.1, 0.15) is 0 Å². The molecule has 3 aromatic rings. The molecule has 0 aliphatic carbocycles. The summed E-state index contributed by atoms with van der Waals surface area (Å²) in [5.74, 6) is -1.20. The third-order valence-electron chi connectivity index (χ3n) is 5.62. The second-order valence-electron chi connectivity index (χ2n) is 8.14. The highest BCUT2D eigenvalue weighted by molar-refractivity contribution is 5.99. The monoisotopic (exact) mass is 474 g/mol. The number of primary amides is 1. The lowest BCUT2D eigenvalue weighted by molar-refractivity contribution is -0.120. The van der Waals surface area contributed by atoms with Gasteiger partial charge >= 0.3 is 6.01 Å². The van der Waals surface area contributed by atoms with E-state index in [1.807, 2.05) is 32.1 Å². The highest BCUT2D eigenvalue weighted by atomic mass is 16.5. The smallest absolute Gasteiger partial charge is 0.316 e. The Morgan fingerprint density at radius 1 is 1.26 bits per heavy atom. The van der Waals surface area contributed by atoms with Crippen LogP contribution in [0.15, 0.2) is 54.1 Å². The van der Waals surface area contributed by atoms with Crippen LogP contribution in [0, 0.1) is 18.3 Å². The summed E-state index contributed by atoms with van der Waals surface area (Å²) in [6, 6.07) is 5.88. The summed E-state index contributed by atoms with van der Waals surface area (Å²) in [6.45, 7) is 5.83. The van der Waals surface area contributed by atoms with E-state index in [9.17, 15) is 4.79 Å². The minimum Gasteiger partial charge on any atom is -0.463 e. The Balaban J connectivity index is 2.03. The number of aromatic amines is 1. The molecule has 1 amide bonds. The number of H-pyrrole nitrogens is 1. The zero-order valence-electron chi connectivity index (χ0n) is 20.0. The van der Waals surface area contributed by atoms with E-state index in [4.69, 9.17) is 27.3 Å². The summed E-state index contributed by atoms with van der Waals surface area (Å²) in [5.41, 5.74) is 23.5. The van der Waals surface area contributed by atoms with Gasteiger partial charge < -0.3 is 27.3 Å². The molecule has 10 heteroatoms. The van der Waals surface area contributed by atoms with Crippen LogP contribution in [0.3, 0.4) is 0 Å². The van der Waals surface area contributed by atoms with Crippen molar-refractivity contribution in [1.29, 1.82) is 5.41 Å². The number of carbonyl (C=O) groups is 1. The van der Waals surface area contributed by atoms with Gasteiger partial charge in [0, 0.05) is 41.2 Å². The number of ether oxygens (including phenoxy) is 1. The summed E-state index contributed by atoms with van der Waals surface area (Å²) in [7, 11) is 0. The third kappa shape index (κ3) is 5.91. The molecular weight excluding hydrogens is 444 g/mol. The maximum atomic E-state index is 12.0.